The number of carbonyl (C=O) groups excluding carboxylic acids is 1. The number of esters is 1. The van der Waals surface area contributed by atoms with Crippen LogP contribution in [0.15, 0.2) is 75.2 Å². The first kappa shape index (κ1) is 23.0. The number of halogens is 1. The lowest BCUT2D eigenvalue weighted by Gasteiger charge is -2.14. The molecule has 0 bridgehead atoms. The topological polar surface area (TPSA) is 82.0 Å². The summed E-state index contributed by atoms with van der Waals surface area (Å²) in [5.74, 6) is -0.364. The van der Waals surface area contributed by atoms with Crippen molar-refractivity contribution < 1.29 is 22.7 Å². The minimum Gasteiger partial charge on any atom is -0.483 e. The summed E-state index contributed by atoms with van der Waals surface area (Å²) in [7, 11) is -4.11. The Balaban J connectivity index is 2.01. The van der Waals surface area contributed by atoms with E-state index in [0.29, 0.717) is 10.6 Å². The maximum absolute atomic E-state index is 13.0. The predicted molar refractivity (Wildman–Crippen MR) is 120 cm³/mol. The number of unbranched alkanes of at least 4 members (excludes halogenated alkanes) is 2. The Bertz CT molecular complexity index is 1090. The Hall–Kier alpha value is -2.64. The maximum Gasteiger partial charge on any atom is 0.343 e. The number of hydrogen-bond donors (Lipinski definition) is 0. The van der Waals surface area contributed by atoms with Crippen molar-refractivity contribution in [2.24, 2.45) is 4.40 Å². The third-order valence-corrected chi connectivity index (χ3v) is 6.33. The largest absolute Gasteiger partial charge is 0.483 e. The summed E-state index contributed by atoms with van der Waals surface area (Å²) in [6, 6.07) is 14.7. The van der Waals surface area contributed by atoms with Crippen molar-refractivity contribution in [3.05, 3.63) is 76.5 Å². The van der Waals surface area contributed by atoms with Crippen LogP contribution in [0.25, 0.3) is 0 Å². The summed E-state index contributed by atoms with van der Waals surface area (Å²) >= 11 is 5.87. The Kier molecular flexibility index (Phi) is 7.51. The smallest absolute Gasteiger partial charge is 0.343 e. The van der Waals surface area contributed by atoms with Crippen molar-refractivity contribution in [2.45, 2.75) is 44.1 Å². The molecule has 0 N–H and O–H groups in total. The van der Waals surface area contributed by atoms with Gasteiger partial charge in [-0.25, -0.2) is 4.79 Å². The highest BCUT2D eigenvalue weighted by Gasteiger charge is 2.38. The van der Waals surface area contributed by atoms with E-state index in [2.05, 4.69) is 11.3 Å². The average Bonchev–Trinajstić information content (AvgIpc) is 3.07. The van der Waals surface area contributed by atoms with Crippen LogP contribution in [0.4, 0.5) is 0 Å². The molecule has 1 aliphatic heterocycles. The molecule has 0 amide bonds. The average molecular weight is 462 g/mol. The first-order valence-electron chi connectivity index (χ1n) is 10.0. The van der Waals surface area contributed by atoms with Crippen LogP contribution in [0.1, 0.15) is 44.8 Å². The Labute approximate surface area is 187 Å². The van der Waals surface area contributed by atoms with Gasteiger partial charge in [0.1, 0.15) is 17.0 Å². The van der Waals surface area contributed by atoms with Gasteiger partial charge in [0, 0.05) is 5.02 Å². The number of allylic oxidation sites excluding steroid dienone is 1. The quantitative estimate of drug-likeness (QED) is 0.396. The van der Waals surface area contributed by atoms with Crippen LogP contribution in [0.3, 0.4) is 0 Å². The molecule has 1 unspecified atom stereocenters. The molecule has 0 saturated carbocycles. The standard InChI is InChI=1S/C23H24ClNO5S/c1-3-4-8-15-29-23(26)20-16(2)30-22(17-9-6-5-7-10-17)21(20)25-31(27,28)19-13-11-18(24)12-14-19/h5-7,9-14,22H,3-4,8,15H2,1-2H3/b25-21+. The molecule has 0 radical (unpaired) electrons. The van der Waals surface area contributed by atoms with E-state index in [4.69, 9.17) is 21.1 Å². The number of sulfonamides is 1. The third-order valence-electron chi connectivity index (χ3n) is 4.77. The van der Waals surface area contributed by atoms with Crippen LogP contribution >= 0.6 is 11.6 Å². The van der Waals surface area contributed by atoms with Crippen molar-refractivity contribution in [2.75, 3.05) is 6.61 Å². The molecule has 1 heterocycles. The molecule has 1 aliphatic rings. The van der Waals surface area contributed by atoms with E-state index in [1.54, 1.807) is 31.2 Å². The number of rotatable bonds is 8. The molecule has 6 nitrogen and oxygen atoms in total. The van der Waals surface area contributed by atoms with E-state index in [-0.39, 0.29) is 28.5 Å². The van der Waals surface area contributed by atoms with E-state index in [0.717, 1.165) is 19.3 Å². The molecule has 0 aliphatic carbocycles. The lowest BCUT2D eigenvalue weighted by molar-refractivity contribution is -0.138. The molecule has 2 aromatic rings. The molecule has 2 aromatic carbocycles. The Morgan fingerprint density at radius 2 is 1.77 bits per heavy atom. The highest BCUT2D eigenvalue weighted by Crippen LogP contribution is 2.35. The van der Waals surface area contributed by atoms with Gasteiger partial charge in [-0.05, 0) is 43.2 Å². The van der Waals surface area contributed by atoms with Gasteiger partial charge >= 0.3 is 5.97 Å². The molecule has 0 aromatic heterocycles. The van der Waals surface area contributed by atoms with E-state index in [1.165, 1.54) is 24.3 Å². The molecular weight excluding hydrogens is 438 g/mol. The van der Waals surface area contributed by atoms with Gasteiger partial charge in [0.15, 0.2) is 6.10 Å². The fourth-order valence-electron chi connectivity index (χ4n) is 3.18. The fraction of sp³-hybridized carbons (Fsp3) is 0.304. The van der Waals surface area contributed by atoms with Crippen LogP contribution in [0, 0.1) is 0 Å². The monoisotopic (exact) mass is 461 g/mol. The van der Waals surface area contributed by atoms with Crippen molar-refractivity contribution in [3.63, 3.8) is 0 Å². The zero-order chi connectivity index (χ0) is 22.4. The van der Waals surface area contributed by atoms with Crippen molar-refractivity contribution in [1.29, 1.82) is 0 Å². The van der Waals surface area contributed by atoms with E-state index < -0.39 is 22.1 Å². The number of benzene rings is 2. The zero-order valence-electron chi connectivity index (χ0n) is 17.4. The molecular formula is C23H24ClNO5S. The van der Waals surface area contributed by atoms with Gasteiger partial charge < -0.3 is 9.47 Å². The molecule has 164 valence electrons. The molecule has 31 heavy (non-hydrogen) atoms. The van der Waals surface area contributed by atoms with Crippen LogP contribution in [-0.2, 0) is 24.3 Å². The van der Waals surface area contributed by atoms with Gasteiger partial charge in [0.2, 0.25) is 0 Å². The van der Waals surface area contributed by atoms with Crippen LogP contribution < -0.4 is 0 Å². The van der Waals surface area contributed by atoms with E-state index >= 15 is 0 Å². The van der Waals surface area contributed by atoms with Crippen molar-refractivity contribution >= 4 is 33.3 Å². The molecule has 0 saturated heterocycles. The minimum atomic E-state index is -4.11. The van der Waals surface area contributed by atoms with Gasteiger partial charge in [-0.15, -0.1) is 0 Å². The summed E-state index contributed by atoms with van der Waals surface area (Å²) < 4.78 is 41.3. The number of nitrogens with zero attached hydrogens (tertiary/aromatic N) is 1. The minimum absolute atomic E-state index is 0.0131. The molecule has 3 rings (SSSR count). The summed E-state index contributed by atoms with van der Waals surface area (Å²) in [6.45, 7) is 3.91. The summed E-state index contributed by atoms with van der Waals surface area (Å²) in [5, 5.41) is 0.407. The van der Waals surface area contributed by atoms with Gasteiger partial charge in [-0.1, -0.05) is 61.7 Å². The highest BCUT2D eigenvalue weighted by molar-refractivity contribution is 7.90. The van der Waals surface area contributed by atoms with Crippen molar-refractivity contribution in [1.82, 2.24) is 0 Å². The van der Waals surface area contributed by atoms with Crippen LogP contribution in [0.5, 0.6) is 0 Å². The second-order valence-electron chi connectivity index (χ2n) is 7.09. The van der Waals surface area contributed by atoms with Gasteiger partial charge in [-0.3, -0.25) is 0 Å². The van der Waals surface area contributed by atoms with Crippen LogP contribution in [0.2, 0.25) is 5.02 Å². The second kappa shape index (κ2) is 10.1. The molecule has 0 fully saturated rings. The van der Waals surface area contributed by atoms with E-state index in [9.17, 15) is 13.2 Å². The predicted octanol–water partition coefficient (Wildman–Crippen LogP) is 5.25. The lowest BCUT2D eigenvalue weighted by atomic mass is 10.0. The van der Waals surface area contributed by atoms with Crippen molar-refractivity contribution in [3.8, 4) is 0 Å². The first-order valence-corrected chi connectivity index (χ1v) is 11.9. The fourth-order valence-corrected chi connectivity index (χ4v) is 4.33. The maximum atomic E-state index is 13.0. The third kappa shape index (κ3) is 5.54. The molecule has 8 heteroatoms. The molecule has 1 atom stereocenters. The summed E-state index contributed by atoms with van der Waals surface area (Å²) in [4.78, 5) is 12.8. The summed E-state index contributed by atoms with van der Waals surface area (Å²) in [5.41, 5.74) is 0.739. The summed E-state index contributed by atoms with van der Waals surface area (Å²) in [6.07, 6.45) is 1.82. The van der Waals surface area contributed by atoms with Gasteiger partial charge in [-0.2, -0.15) is 12.8 Å². The highest BCUT2D eigenvalue weighted by atomic mass is 35.5. The Morgan fingerprint density at radius 1 is 1.10 bits per heavy atom. The lowest BCUT2D eigenvalue weighted by Crippen LogP contribution is -2.20. The zero-order valence-corrected chi connectivity index (χ0v) is 18.9. The SMILES string of the molecule is CCCCCOC(=O)C1=C(C)OC(c2ccccc2)/C1=N/S(=O)(=O)c1ccc(Cl)cc1. The van der Waals surface area contributed by atoms with Gasteiger partial charge in [0.25, 0.3) is 10.0 Å². The number of hydrogen-bond acceptors (Lipinski definition) is 5. The van der Waals surface area contributed by atoms with E-state index in [1.807, 2.05) is 6.07 Å². The Morgan fingerprint density at radius 3 is 2.42 bits per heavy atom. The van der Waals surface area contributed by atoms with Gasteiger partial charge in [0.05, 0.1) is 11.5 Å². The normalized spacial score (nSPS) is 17.6. The molecule has 0 spiro atoms. The second-order valence-corrected chi connectivity index (χ2v) is 9.13. The first-order chi connectivity index (χ1) is 14.8. The number of carbonyl (C=O) groups is 1. The van der Waals surface area contributed by atoms with Crippen LogP contribution in [-0.4, -0.2) is 26.7 Å². The number of ether oxygens (including phenoxy) is 2.